The zero-order chi connectivity index (χ0) is 11.5. The van der Waals surface area contributed by atoms with Gasteiger partial charge in [0, 0.05) is 5.39 Å². The number of carboxylic acids is 1. The minimum atomic E-state index is -1.09. The van der Waals surface area contributed by atoms with E-state index in [2.05, 4.69) is 9.97 Å². The van der Waals surface area contributed by atoms with Crippen molar-refractivity contribution >= 4 is 28.6 Å². The van der Waals surface area contributed by atoms with Crippen LogP contribution in [0.4, 0.5) is 0 Å². The van der Waals surface area contributed by atoms with Crippen LogP contribution in [0.1, 0.15) is 17.5 Å². The zero-order valence-electron chi connectivity index (χ0n) is 8.67. The molecule has 2 rings (SSSR count). The lowest BCUT2D eigenvalue weighted by Crippen LogP contribution is -2.05. The van der Waals surface area contributed by atoms with Crippen LogP contribution in [0.25, 0.3) is 10.9 Å². The number of hydrogen-bond donors (Lipinski definition) is 1. The van der Waals surface area contributed by atoms with Crippen LogP contribution in [0, 0.1) is 0 Å². The van der Waals surface area contributed by atoms with Gasteiger partial charge in [0.15, 0.2) is 0 Å². The highest BCUT2D eigenvalue weighted by molar-refractivity contribution is 7.99. The molecule has 0 aliphatic carbocycles. The highest BCUT2D eigenvalue weighted by atomic mass is 32.2. The van der Waals surface area contributed by atoms with Crippen molar-refractivity contribution in [2.45, 2.75) is 11.9 Å². The molecule has 0 fully saturated rings. The fourth-order valence-corrected chi connectivity index (χ4v) is 2.14. The average Bonchev–Trinajstić information content (AvgIpc) is 2.29. The van der Waals surface area contributed by atoms with Crippen LogP contribution in [0.5, 0.6) is 0 Å². The molecular formula is C11H10N2O2S. The molecule has 5 heteroatoms. The highest BCUT2D eigenvalue weighted by Crippen LogP contribution is 2.24. The molecule has 0 spiro atoms. The van der Waals surface area contributed by atoms with Gasteiger partial charge in [0.1, 0.15) is 5.03 Å². The first-order valence-electron chi connectivity index (χ1n) is 4.85. The molecule has 0 amide bonds. The fraction of sp³-hybridized carbons (Fsp3) is 0.182. The lowest BCUT2D eigenvalue weighted by molar-refractivity contribution is 0.0683. The lowest BCUT2D eigenvalue weighted by Gasteiger charge is -2.04. The number of thioether (sulfide) groups is 1. The second-order valence-corrected chi connectivity index (χ2v) is 4.36. The number of carbonyl (C=O) groups is 1. The zero-order valence-corrected chi connectivity index (χ0v) is 9.49. The summed E-state index contributed by atoms with van der Waals surface area (Å²) in [7, 11) is 0. The molecule has 0 aliphatic rings. The number of carboxylic acid groups (broad SMARTS) is 1. The molecule has 82 valence electrons. The predicted molar refractivity (Wildman–Crippen MR) is 62.9 cm³/mol. The molecule has 1 aromatic heterocycles. The summed E-state index contributed by atoms with van der Waals surface area (Å²) in [5.74, 6) is -0.390. The first-order chi connectivity index (χ1) is 7.72. The summed E-state index contributed by atoms with van der Waals surface area (Å²) in [6, 6.07) is 7.43. The number of aromatic carboxylic acids is 1. The Kier molecular flexibility index (Phi) is 3.05. The molecule has 16 heavy (non-hydrogen) atoms. The van der Waals surface area contributed by atoms with Gasteiger partial charge < -0.3 is 5.11 Å². The van der Waals surface area contributed by atoms with Crippen LogP contribution in [0.15, 0.2) is 29.3 Å². The van der Waals surface area contributed by atoms with Crippen LogP contribution < -0.4 is 0 Å². The van der Waals surface area contributed by atoms with E-state index in [9.17, 15) is 4.79 Å². The smallest absolute Gasteiger partial charge is 0.373 e. The molecule has 4 nitrogen and oxygen atoms in total. The average molecular weight is 234 g/mol. The van der Waals surface area contributed by atoms with E-state index >= 15 is 0 Å². The SMILES string of the molecule is CCSc1nc(C(=O)O)nc2ccccc12. The Morgan fingerprint density at radius 1 is 1.38 bits per heavy atom. The lowest BCUT2D eigenvalue weighted by atomic mass is 10.2. The topological polar surface area (TPSA) is 63.1 Å². The minimum absolute atomic E-state index is 0.144. The summed E-state index contributed by atoms with van der Waals surface area (Å²) in [4.78, 5) is 18.9. The number of fused-ring (bicyclic) bond motifs is 1. The molecule has 0 saturated carbocycles. The van der Waals surface area contributed by atoms with Crippen molar-refractivity contribution in [2.75, 3.05) is 5.75 Å². The Hall–Kier alpha value is -1.62. The Bertz CT molecular complexity index is 542. The summed E-state index contributed by atoms with van der Waals surface area (Å²) >= 11 is 1.52. The van der Waals surface area contributed by atoms with Crippen molar-refractivity contribution in [1.82, 2.24) is 9.97 Å². The monoisotopic (exact) mass is 234 g/mol. The first kappa shape index (κ1) is 10.9. The Morgan fingerprint density at radius 2 is 2.12 bits per heavy atom. The molecule has 1 heterocycles. The maximum Gasteiger partial charge on any atom is 0.373 e. The number of nitrogens with zero attached hydrogens (tertiary/aromatic N) is 2. The van der Waals surface area contributed by atoms with Gasteiger partial charge in [-0.2, -0.15) is 0 Å². The summed E-state index contributed by atoms with van der Waals surface area (Å²) < 4.78 is 0. The third kappa shape index (κ3) is 1.99. The van der Waals surface area contributed by atoms with Gasteiger partial charge in [-0.25, -0.2) is 14.8 Å². The molecule has 2 aromatic rings. The van der Waals surface area contributed by atoms with Gasteiger partial charge in [0.2, 0.25) is 5.82 Å². The molecule has 0 bridgehead atoms. The summed E-state index contributed by atoms with van der Waals surface area (Å²) in [5.41, 5.74) is 0.672. The van der Waals surface area contributed by atoms with Gasteiger partial charge in [0.05, 0.1) is 5.52 Å². The van der Waals surface area contributed by atoms with E-state index < -0.39 is 5.97 Å². The van der Waals surface area contributed by atoms with Gasteiger partial charge in [0.25, 0.3) is 0 Å². The molecular weight excluding hydrogens is 224 g/mol. The van der Waals surface area contributed by atoms with E-state index in [1.54, 1.807) is 6.07 Å². The van der Waals surface area contributed by atoms with E-state index in [0.29, 0.717) is 5.52 Å². The molecule has 0 atom stereocenters. The van der Waals surface area contributed by atoms with Crippen molar-refractivity contribution in [1.29, 1.82) is 0 Å². The molecule has 0 aliphatic heterocycles. The second-order valence-electron chi connectivity index (χ2n) is 3.11. The van der Waals surface area contributed by atoms with Gasteiger partial charge in [-0.3, -0.25) is 0 Å². The number of para-hydroxylation sites is 1. The largest absolute Gasteiger partial charge is 0.475 e. The normalized spacial score (nSPS) is 10.6. The van der Waals surface area contributed by atoms with Crippen molar-refractivity contribution < 1.29 is 9.90 Å². The molecule has 0 radical (unpaired) electrons. The quantitative estimate of drug-likeness (QED) is 0.652. The van der Waals surface area contributed by atoms with Crippen molar-refractivity contribution in [3.8, 4) is 0 Å². The second kappa shape index (κ2) is 4.49. The first-order valence-corrected chi connectivity index (χ1v) is 5.84. The van der Waals surface area contributed by atoms with Gasteiger partial charge in [-0.15, -0.1) is 11.8 Å². The maximum atomic E-state index is 10.9. The summed E-state index contributed by atoms with van der Waals surface area (Å²) in [6.07, 6.45) is 0. The van der Waals surface area contributed by atoms with Crippen LogP contribution in [0.3, 0.4) is 0 Å². The molecule has 0 saturated heterocycles. The van der Waals surface area contributed by atoms with E-state index in [1.807, 2.05) is 25.1 Å². The van der Waals surface area contributed by atoms with Gasteiger partial charge in [-0.1, -0.05) is 25.1 Å². The molecule has 1 N–H and O–H groups in total. The summed E-state index contributed by atoms with van der Waals surface area (Å²) in [5, 5.41) is 10.5. The Morgan fingerprint density at radius 3 is 2.81 bits per heavy atom. The predicted octanol–water partition coefficient (Wildman–Crippen LogP) is 2.44. The van der Waals surface area contributed by atoms with Gasteiger partial charge >= 0.3 is 5.97 Å². The third-order valence-electron chi connectivity index (χ3n) is 2.04. The van der Waals surface area contributed by atoms with E-state index in [4.69, 9.17) is 5.11 Å². The van der Waals surface area contributed by atoms with Gasteiger partial charge in [-0.05, 0) is 11.8 Å². The highest BCUT2D eigenvalue weighted by Gasteiger charge is 2.12. The molecule has 1 aromatic carbocycles. The van der Waals surface area contributed by atoms with Crippen LogP contribution in [-0.4, -0.2) is 26.8 Å². The van der Waals surface area contributed by atoms with Crippen molar-refractivity contribution in [3.63, 3.8) is 0 Å². The van der Waals surface area contributed by atoms with Crippen molar-refractivity contribution in [2.24, 2.45) is 0 Å². The van der Waals surface area contributed by atoms with E-state index in [-0.39, 0.29) is 5.82 Å². The Labute approximate surface area is 96.7 Å². The van der Waals surface area contributed by atoms with E-state index in [0.717, 1.165) is 16.2 Å². The van der Waals surface area contributed by atoms with Crippen LogP contribution in [0.2, 0.25) is 0 Å². The number of benzene rings is 1. The maximum absolute atomic E-state index is 10.9. The number of hydrogen-bond acceptors (Lipinski definition) is 4. The molecule has 0 unspecified atom stereocenters. The van der Waals surface area contributed by atoms with Crippen molar-refractivity contribution in [3.05, 3.63) is 30.1 Å². The standard InChI is InChI=1S/C11H10N2O2S/c1-2-16-10-7-5-3-4-6-8(7)12-9(13-10)11(14)15/h3-6H,2H2,1H3,(H,14,15). The fourth-order valence-electron chi connectivity index (χ4n) is 1.39. The summed E-state index contributed by atoms with van der Waals surface area (Å²) in [6.45, 7) is 2.00. The van der Waals surface area contributed by atoms with E-state index in [1.165, 1.54) is 11.8 Å². The Balaban J connectivity index is 2.68. The minimum Gasteiger partial charge on any atom is -0.475 e. The third-order valence-corrected chi connectivity index (χ3v) is 2.91. The van der Waals surface area contributed by atoms with Crippen LogP contribution >= 0.6 is 11.8 Å². The number of rotatable bonds is 3. The van der Waals surface area contributed by atoms with Crippen LogP contribution in [-0.2, 0) is 0 Å². The number of aromatic nitrogens is 2.